The predicted octanol–water partition coefficient (Wildman–Crippen LogP) is 5.91. The summed E-state index contributed by atoms with van der Waals surface area (Å²) < 4.78 is 12.5. The molecule has 39 heavy (non-hydrogen) atoms. The Kier molecular flexibility index (Phi) is 7.14. The zero-order chi connectivity index (χ0) is 27.6. The second-order valence-electron chi connectivity index (χ2n) is 10.9. The van der Waals surface area contributed by atoms with E-state index in [1.807, 2.05) is 61.7 Å². The molecule has 8 nitrogen and oxygen atoms in total. The van der Waals surface area contributed by atoms with Gasteiger partial charge in [-0.3, -0.25) is 9.20 Å². The van der Waals surface area contributed by atoms with E-state index < -0.39 is 17.2 Å². The van der Waals surface area contributed by atoms with Crippen molar-refractivity contribution in [3.8, 4) is 22.5 Å². The highest BCUT2D eigenvalue weighted by molar-refractivity contribution is 5.95. The number of pyridine rings is 1. The average molecular weight is 527 g/mol. The number of alkyl carbamates (subject to hydrolysis) is 1. The van der Waals surface area contributed by atoms with Gasteiger partial charge in [0.15, 0.2) is 0 Å². The third kappa shape index (κ3) is 5.52. The van der Waals surface area contributed by atoms with Crippen LogP contribution in [-0.2, 0) is 15.0 Å². The SMILES string of the molecule is COCNC(=O)c1ccn2c(-c3ccccc3)c(-c3ccc(C4(NC(=O)OC(C)(C)C)CCC4)cc3)nc2c1. The lowest BCUT2D eigenvalue weighted by Crippen LogP contribution is -2.52. The van der Waals surface area contributed by atoms with E-state index in [0.717, 1.165) is 47.3 Å². The fraction of sp³-hybridized carbons (Fsp3) is 0.323. The lowest BCUT2D eigenvalue weighted by Gasteiger charge is -2.43. The highest BCUT2D eigenvalue weighted by Crippen LogP contribution is 2.42. The van der Waals surface area contributed by atoms with Crippen LogP contribution in [0.15, 0.2) is 72.9 Å². The third-order valence-electron chi connectivity index (χ3n) is 6.97. The Bertz CT molecular complexity index is 1480. The van der Waals surface area contributed by atoms with Gasteiger partial charge in [0.2, 0.25) is 0 Å². The molecule has 4 aromatic rings. The molecule has 202 valence electrons. The number of nitrogens with one attached hydrogen (secondary N) is 2. The van der Waals surface area contributed by atoms with Gasteiger partial charge in [-0.05, 0) is 57.7 Å². The molecule has 0 spiro atoms. The van der Waals surface area contributed by atoms with Crippen LogP contribution in [0.4, 0.5) is 4.79 Å². The standard InChI is InChI=1S/C31H34N4O4/c1-30(2,3)39-29(37)34-31(16-8-17-31)24-13-11-21(12-14-24)26-27(22-9-6-5-7-10-22)35-18-15-23(19-25(35)33-26)28(36)32-20-38-4/h5-7,9-15,18-19H,8,16-17,20H2,1-4H3,(H,32,36)(H,34,37). The van der Waals surface area contributed by atoms with Gasteiger partial charge in [-0.1, -0.05) is 54.6 Å². The van der Waals surface area contributed by atoms with Crippen LogP contribution >= 0.6 is 0 Å². The van der Waals surface area contributed by atoms with E-state index in [-0.39, 0.29) is 12.6 Å². The summed E-state index contributed by atoms with van der Waals surface area (Å²) in [6.07, 6.45) is 4.25. The Labute approximate surface area is 228 Å². The maximum Gasteiger partial charge on any atom is 0.408 e. The van der Waals surface area contributed by atoms with E-state index in [1.54, 1.807) is 12.1 Å². The molecule has 5 rings (SSSR count). The Hall–Kier alpha value is -4.17. The summed E-state index contributed by atoms with van der Waals surface area (Å²) in [7, 11) is 1.53. The van der Waals surface area contributed by atoms with Crippen LogP contribution in [0, 0.1) is 0 Å². The zero-order valence-corrected chi connectivity index (χ0v) is 22.8. The first-order chi connectivity index (χ1) is 18.7. The first-order valence-corrected chi connectivity index (χ1v) is 13.2. The minimum absolute atomic E-state index is 0.135. The molecule has 0 radical (unpaired) electrons. The highest BCUT2D eigenvalue weighted by Gasteiger charge is 2.41. The molecule has 2 N–H and O–H groups in total. The van der Waals surface area contributed by atoms with Crippen molar-refractivity contribution in [2.75, 3.05) is 13.8 Å². The van der Waals surface area contributed by atoms with Crippen LogP contribution in [0.2, 0.25) is 0 Å². The molecule has 2 aromatic carbocycles. The van der Waals surface area contributed by atoms with Gasteiger partial charge in [0, 0.05) is 30.0 Å². The summed E-state index contributed by atoms with van der Waals surface area (Å²) in [5.74, 6) is -0.224. The molecule has 0 aliphatic heterocycles. The molecule has 1 saturated carbocycles. The first-order valence-electron chi connectivity index (χ1n) is 13.2. The predicted molar refractivity (Wildman–Crippen MR) is 150 cm³/mol. The van der Waals surface area contributed by atoms with Gasteiger partial charge < -0.3 is 20.1 Å². The lowest BCUT2D eigenvalue weighted by atomic mass is 9.71. The van der Waals surface area contributed by atoms with Crippen molar-refractivity contribution in [1.29, 1.82) is 0 Å². The summed E-state index contributed by atoms with van der Waals surface area (Å²) in [4.78, 5) is 30.1. The number of imidazole rings is 1. The Balaban J connectivity index is 1.51. The molecule has 2 aromatic heterocycles. The molecule has 2 heterocycles. The maximum absolute atomic E-state index is 12.6. The van der Waals surface area contributed by atoms with Gasteiger partial charge in [-0.2, -0.15) is 0 Å². The van der Waals surface area contributed by atoms with Crippen LogP contribution in [0.1, 0.15) is 56.0 Å². The van der Waals surface area contributed by atoms with Crippen molar-refractivity contribution in [1.82, 2.24) is 20.0 Å². The number of carbonyl (C=O) groups is 2. The number of aromatic nitrogens is 2. The largest absolute Gasteiger partial charge is 0.444 e. The average Bonchev–Trinajstić information content (AvgIpc) is 3.28. The minimum atomic E-state index is -0.555. The van der Waals surface area contributed by atoms with Crippen LogP contribution in [-0.4, -0.2) is 40.8 Å². The molecule has 8 heteroatoms. The molecule has 2 amide bonds. The molecule has 0 saturated heterocycles. The summed E-state index contributed by atoms with van der Waals surface area (Å²) in [6, 6.07) is 21.9. The van der Waals surface area contributed by atoms with E-state index in [0.29, 0.717) is 11.2 Å². The lowest BCUT2D eigenvalue weighted by molar-refractivity contribution is 0.0377. The maximum atomic E-state index is 12.6. The number of nitrogens with zero attached hydrogens (tertiary/aromatic N) is 2. The first kappa shape index (κ1) is 26.4. The van der Waals surface area contributed by atoms with E-state index in [2.05, 4.69) is 34.9 Å². The molecule has 1 fully saturated rings. The third-order valence-corrected chi connectivity index (χ3v) is 6.97. The number of carbonyl (C=O) groups excluding carboxylic acids is 2. The van der Waals surface area contributed by atoms with Gasteiger partial charge in [0.1, 0.15) is 18.0 Å². The normalized spacial score (nSPS) is 14.5. The van der Waals surface area contributed by atoms with Crippen LogP contribution < -0.4 is 10.6 Å². The molecular formula is C31H34N4O4. The van der Waals surface area contributed by atoms with E-state index in [1.165, 1.54) is 7.11 Å². The van der Waals surface area contributed by atoms with E-state index >= 15 is 0 Å². The summed E-state index contributed by atoms with van der Waals surface area (Å²) in [5, 5.41) is 5.84. The quantitative estimate of drug-likeness (QED) is 0.292. The number of methoxy groups -OCH3 is 1. The molecule has 0 atom stereocenters. The molecule has 0 unspecified atom stereocenters. The van der Waals surface area contributed by atoms with Gasteiger partial charge in [0.25, 0.3) is 5.91 Å². The van der Waals surface area contributed by atoms with Crippen molar-refractivity contribution in [2.45, 2.75) is 51.2 Å². The summed E-state index contributed by atoms with van der Waals surface area (Å²) in [5.41, 5.74) is 4.95. The van der Waals surface area contributed by atoms with Crippen molar-refractivity contribution in [3.05, 3.63) is 84.1 Å². The van der Waals surface area contributed by atoms with Crippen LogP contribution in [0.25, 0.3) is 28.2 Å². The number of rotatable bonds is 7. The Morgan fingerprint density at radius 2 is 1.72 bits per heavy atom. The number of fused-ring (bicyclic) bond motifs is 1. The van der Waals surface area contributed by atoms with Crippen LogP contribution in [0.5, 0.6) is 0 Å². The minimum Gasteiger partial charge on any atom is -0.444 e. The Morgan fingerprint density at radius 3 is 2.33 bits per heavy atom. The number of amides is 2. The number of benzene rings is 2. The van der Waals surface area contributed by atoms with Crippen molar-refractivity contribution in [3.63, 3.8) is 0 Å². The van der Waals surface area contributed by atoms with Crippen molar-refractivity contribution < 1.29 is 19.1 Å². The van der Waals surface area contributed by atoms with Gasteiger partial charge in [-0.25, -0.2) is 9.78 Å². The fourth-order valence-electron chi connectivity index (χ4n) is 4.96. The summed E-state index contributed by atoms with van der Waals surface area (Å²) in [6.45, 7) is 5.73. The second kappa shape index (κ2) is 10.5. The zero-order valence-electron chi connectivity index (χ0n) is 22.8. The molecular weight excluding hydrogens is 492 g/mol. The number of hydrogen-bond donors (Lipinski definition) is 2. The fourth-order valence-corrected chi connectivity index (χ4v) is 4.96. The number of ether oxygens (including phenoxy) is 2. The highest BCUT2D eigenvalue weighted by atomic mass is 16.6. The molecule has 0 bridgehead atoms. The monoisotopic (exact) mass is 526 g/mol. The molecule has 1 aliphatic carbocycles. The van der Waals surface area contributed by atoms with Gasteiger partial charge in [0.05, 0.1) is 16.9 Å². The van der Waals surface area contributed by atoms with Gasteiger partial charge in [-0.15, -0.1) is 0 Å². The van der Waals surface area contributed by atoms with E-state index in [9.17, 15) is 9.59 Å². The van der Waals surface area contributed by atoms with Crippen molar-refractivity contribution >= 4 is 17.6 Å². The van der Waals surface area contributed by atoms with E-state index in [4.69, 9.17) is 14.5 Å². The van der Waals surface area contributed by atoms with Crippen molar-refractivity contribution in [2.24, 2.45) is 0 Å². The Morgan fingerprint density at radius 1 is 1.00 bits per heavy atom. The van der Waals surface area contributed by atoms with Gasteiger partial charge >= 0.3 is 6.09 Å². The number of hydrogen-bond acceptors (Lipinski definition) is 5. The summed E-state index contributed by atoms with van der Waals surface area (Å²) >= 11 is 0. The topological polar surface area (TPSA) is 94.0 Å². The molecule has 1 aliphatic rings. The van der Waals surface area contributed by atoms with Crippen LogP contribution in [0.3, 0.4) is 0 Å². The second-order valence-corrected chi connectivity index (χ2v) is 10.9. The smallest absolute Gasteiger partial charge is 0.408 e.